The number of anilines is 1. The summed E-state index contributed by atoms with van der Waals surface area (Å²) in [5.74, 6) is 0.00609. The quantitative estimate of drug-likeness (QED) is 0.169. The number of aromatic nitrogens is 6. The first-order valence-electron chi connectivity index (χ1n) is 10.2. The zero-order valence-electron chi connectivity index (χ0n) is 18.1. The van der Waals surface area contributed by atoms with Crippen LogP contribution in [0.4, 0.5) is 11.6 Å². The first-order valence-corrected chi connectivity index (χ1v) is 12.0. The number of fused-ring (bicyclic) bond motifs is 1. The highest BCUT2D eigenvalue weighted by Gasteiger charge is 2.36. The van der Waals surface area contributed by atoms with Crippen molar-refractivity contribution in [1.82, 2.24) is 30.4 Å². The second-order valence-electron chi connectivity index (χ2n) is 7.24. The van der Waals surface area contributed by atoms with Crippen LogP contribution >= 0.6 is 23.1 Å². The molecule has 1 aliphatic heterocycles. The highest BCUT2D eigenvalue weighted by Crippen LogP contribution is 2.38. The van der Waals surface area contributed by atoms with Gasteiger partial charge in [-0.25, -0.2) is 4.79 Å². The lowest BCUT2D eigenvalue weighted by Gasteiger charge is -2.28. The van der Waals surface area contributed by atoms with Crippen molar-refractivity contribution in [1.29, 1.82) is 0 Å². The molecule has 14 heteroatoms. The lowest BCUT2D eigenvalue weighted by atomic mass is 9.95. The number of methoxy groups -OCH3 is 1. The summed E-state index contributed by atoms with van der Waals surface area (Å²) in [5.41, 5.74) is 2.08. The first kappa shape index (κ1) is 22.6. The predicted molar refractivity (Wildman–Crippen MR) is 128 cm³/mol. The molecule has 0 saturated heterocycles. The third kappa shape index (κ3) is 4.48. The smallest absolute Gasteiger partial charge is 0.338 e. The second kappa shape index (κ2) is 9.60. The van der Waals surface area contributed by atoms with Gasteiger partial charge in [-0.2, -0.15) is 4.68 Å². The third-order valence-corrected chi connectivity index (χ3v) is 7.30. The molecule has 0 spiro atoms. The molecule has 0 bridgehead atoms. The number of nitrogens with zero attached hydrogens (tertiary/aromatic N) is 7. The minimum absolute atomic E-state index is 0.113. The van der Waals surface area contributed by atoms with Crippen molar-refractivity contribution in [3.63, 3.8) is 0 Å². The van der Waals surface area contributed by atoms with Gasteiger partial charge in [-0.15, -0.1) is 10.2 Å². The SMILES string of the molecule is COC(=O)C1=C(CSc2nnc(-c3ccccc3)s2)Nc2nnnn2C1c1cccc([N+](=O)[O-])c1. The van der Waals surface area contributed by atoms with Gasteiger partial charge in [0.25, 0.3) is 5.69 Å². The van der Waals surface area contributed by atoms with Gasteiger partial charge in [-0.3, -0.25) is 10.1 Å². The fraction of sp³-hybridized carbons (Fsp3) is 0.143. The lowest BCUT2D eigenvalue weighted by molar-refractivity contribution is -0.384. The molecule has 1 unspecified atom stereocenters. The normalized spacial score (nSPS) is 14.8. The number of hydrogen-bond acceptors (Lipinski definition) is 12. The van der Waals surface area contributed by atoms with E-state index >= 15 is 0 Å². The second-order valence-corrected chi connectivity index (χ2v) is 9.44. The maximum Gasteiger partial charge on any atom is 0.338 e. The average Bonchev–Trinajstić information content (AvgIpc) is 3.56. The number of thioether (sulfide) groups is 1. The van der Waals surface area contributed by atoms with Crippen molar-refractivity contribution in [3.8, 4) is 10.6 Å². The van der Waals surface area contributed by atoms with E-state index in [0.29, 0.717) is 27.3 Å². The molecule has 2 aromatic carbocycles. The first-order chi connectivity index (χ1) is 17.0. The molecule has 1 N–H and O–H groups in total. The van der Waals surface area contributed by atoms with Gasteiger partial charge in [0, 0.05) is 29.1 Å². The van der Waals surface area contributed by atoms with Crippen LogP contribution in [0, 0.1) is 10.1 Å². The average molecular weight is 509 g/mol. The summed E-state index contributed by atoms with van der Waals surface area (Å²) >= 11 is 2.82. The molecule has 0 aliphatic carbocycles. The van der Waals surface area contributed by atoms with Crippen LogP contribution in [0.1, 0.15) is 11.6 Å². The third-order valence-electron chi connectivity index (χ3n) is 5.17. The van der Waals surface area contributed by atoms with E-state index in [2.05, 4.69) is 31.0 Å². The molecule has 4 aromatic rings. The highest BCUT2D eigenvalue weighted by atomic mass is 32.2. The number of nitrogens with one attached hydrogen (secondary N) is 1. The van der Waals surface area contributed by atoms with E-state index in [9.17, 15) is 14.9 Å². The number of carbonyl (C=O) groups is 1. The summed E-state index contributed by atoms with van der Waals surface area (Å²) in [5, 5.41) is 35.4. The van der Waals surface area contributed by atoms with E-state index in [0.717, 1.165) is 10.6 Å². The van der Waals surface area contributed by atoms with Crippen LogP contribution < -0.4 is 5.32 Å². The molecule has 35 heavy (non-hydrogen) atoms. The summed E-state index contributed by atoms with van der Waals surface area (Å²) < 4.78 is 7.18. The van der Waals surface area contributed by atoms with E-state index in [-0.39, 0.29) is 11.3 Å². The van der Waals surface area contributed by atoms with E-state index in [1.165, 1.54) is 47.0 Å². The predicted octanol–water partition coefficient (Wildman–Crippen LogP) is 3.33. The topological polar surface area (TPSA) is 151 Å². The Morgan fingerprint density at radius 2 is 2.03 bits per heavy atom. The lowest BCUT2D eigenvalue weighted by Crippen LogP contribution is -2.31. The molecule has 176 valence electrons. The minimum Gasteiger partial charge on any atom is -0.466 e. The van der Waals surface area contributed by atoms with Crippen LogP contribution in [-0.4, -0.2) is 54.2 Å². The van der Waals surface area contributed by atoms with Gasteiger partial charge in [0.1, 0.15) is 11.0 Å². The number of hydrogen-bond donors (Lipinski definition) is 1. The van der Waals surface area contributed by atoms with Crippen molar-refractivity contribution in [3.05, 3.63) is 81.5 Å². The summed E-state index contributed by atoms with van der Waals surface area (Å²) in [6, 6.07) is 14.9. The minimum atomic E-state index is -0.821. The fourth-order valence-electron chi connectivity index (χ4n) is 3.61. The molecule has 12 nitrogen and oxygen atoms in total. The molecule has 0 saturated carbocycles. The maximum atomic E-state index is 12.9. The van der Waals surface area contributed by atoms with Crippen LogP contribution in [0.15, 0.2) is 70.2 Å². The van der Waals surface area contributed by atoms with Crippen LogP contribution in [-0.2, 0) is 9.53 Å². The van der Waals surface area contributed by atoms with E-state index < -0.39 is 16.9 Å². The van der Waals surface area contributed by atoms with Crippen LogP contribution in [0.3, 0.4) is 0 Å². The van der Waals surface area contributed by atoms with Gasteiger partial charge in [0.15, 0.2) is 4.34 Å². The van der Waals surface area contributed by atoms with Gasteiger partial charge in [0.2, 0.25) is 5.95 Å². The number of nitro groups is 1. The molecule has 0 fully saturated rings. The van der Waals surface area contributed by atoms with Gasteiger partial charge < -0.3 is 10.1 Å². The number of non-ortho nitro benzene ring substituents is 1. The molecule has 0 amide bonds. The van der Waals surface area contributed by atoms with Crippen molar-refractivity contribution in [2.45, 2.75) is 10.4 Å². The molecule has 3 heterocycles. The Hall–Kier alpha value is -4.17. The van der Waals surface area contributed by atoms with E-state index in [4.69, 9.17) is 4.74 Å². The molecule has 0 radical (unpaired) electrons. The van der Waals surface area contributed by atoms with Crippen molar-refractivity contribution in [2.24, 2.45) is 0 Å². The molecule has 1 aliphatic rings. The number of esters is 1. The van der Waals surface area contributed by atoms with Crippen molar-refractivity contribution >= 4 is 40.7 Å². The Labute approximate surface area is 206 Å². The standard InChI is InChI=1S/C21H16N8O4S2/c1-33-19(30)16-15(11-34-21-25-23-18(35-21)12-6-3-2-4-7-12)22-20-24-26-27-28(20)17(16)13-8-5-9-14(10-13)29(31)32/h2-10,17H,11H2,1H3,(H,22,24,27). The van der Waals surface area contributed by atoms with Gasteiger partial charge in [0.05, 0.1) is 17.6 Å². The largest absolute Gasteiger partial charge is 0.466 e. The molecular formula is C21H16N8O4S2. The number of carbonyl (C=O) groups excluding carboxylic acids is 1. The number of tetrazole rings is 1. The Bertz CT molecular complexity index is 1440. The number of rotatable bonds is 7. The fourth-order valence-corrected chi connectivity index (χ4v) is 5.44. The summed E-state index contributed by atoms with van der Waals surface area (Å²) in [4.78, 5) is 23.8. The molecule has 1 atom stereocenters. The highest BCUT2D eigenvalue weighted by molar-refractivity contribution is 8.01. The number of nitro benzene ring substituents is 1. The summed E-state index contributed by atoms with van der Waals surface area (Å²) in [6.45, 7) is 0. The van der Waals surface area contributed by atoms with Gasteiger partial charge >= 0.3 is 5.97 Å². The molecular weight excluding hydrogens is 492 g/mol. The molecule has 2 aromatic heterocycles. The van der Waals surface area contributed by atoms with Crippen LogP contribution in [0.25, 0.3) is 10.6 Å². The van der Waals surface area contributed by atoms with E-state index in [1.54, 1.807) is 12.1 Å². The summed E-state index contributed by atoms with van der Waals surface area (Å²) in [6.07, 6.45) is 0. The number of ether oxygens (including phenoxy) is 1. The Kier molecular flexibility index (Phi) is 6.20. The molecule has 5 rings (SSSR count). The Morgan fingerprint density at radius 3 is 2.80 bits per heavy atom. The Balaban J connectivity index is 1.51. The number of benzene rings is 2. The summed E-state index contributed by atoms with van der Waals surface area (Å²) in [7, 11) is 1.27. The monoisotopic (exact) mass is 508 g/mol. The van der Waals surface area contributed by atoms with Crippen molar-refractivity contribution < 1.29 is 14.5 Å². The zero-order valence-corrected chi connectivity index (χ0v) is 19.7. The van der Waals surface area contributed by atoms with Crippen LogP contribution in [0.2, 0.25) is 0 Å². The zero-order chi connectivity index (χ0) is 24.4. The van der Waals surface area contributed by atoms with Gasteiger partial charge in [-0.05, 0) is 16.0 Å². The van der Waals surface area contributed by atoms with Crippen molar-refractivity contribution in [2.75, 3.05) is 18.2 Å². The maximum absolute atomic E-state index is 12.9. The van der Waals surface area contributed by atoms with Crippen LogP contribution in [0.5, 0.6) is 0 Å². The van der Waals surface area contributed by atoms with Gasteiger partial charge in [-0.1, -0.05) is 70.7 Å². The van der Waals surface area contributed by atoms with E-state index in [1.807, 2.05) is 30.3 Å². The Morgan fingerprint density at radius 1 is 1.20 bits per heavy atom.